The van der Waals surface area contributed by atoms with E-state index in [0.717, 1.165) is 22.7 Å². The first-order valence-corrected chi connectivity index (χ1v) is 9.28. The van der Waals surface area contributed by atoms with Crippen molar-refractivity contribution in [3.63, 3.8) is 0 Å². The summed E-state index contributed by atoms with van der Waals surface area (Å²) < 4.78 is 41.5. The topological polar surface area (TPSA) is 41.1 Å². The second-order valence-corrected chi connectivity index (χ2v) is 7.08. The Morgan fingerprint density at radius 3 is 2.18 bits per heavy atom. The molecular weight excluding hydrogens is 409 g/mol. The highest BCUT2D eigenvalue weighted by Crippen LogP contribution is 2.30. The van der Waals surface area contributed by atoms with Gasteiger partial charge in [-0.1, -0.05) is 17.7 Å². The molecule has 1 amide bonds. The fourth-order valence-electron chi connectivity index (χ4n) is 2.28. The summed E-state index contributed by atoms with van der Waals surface area (Å²) in [7, 11) is 0. The summed E-state index contributed by atoms with van der Waals surface area (Å²) in [5, 5.41) is 3.24. The minimum absolute atomic E-state index is 0.0577. The monoisotopic (exact) mass is 422 g/mol. The lowest BCUT2D eigenvalue weighted by Crippen LogP contribution is -2.13. The summed E-state index contributed by atoms with van der Waals surface area (Å²) in [6.07, 6.45) is -4.49. The lowest BCUT2D eigenvalue weighted by Gasteiger charge is -2.10. The number of carbonyl (C=O) groups is 1. The first kappa shape index (κ1) is 20.1. The Labute approximate surface area is 169 Å². The third kappa shape index (κ3) is 5.43. The molecule has 0 aromatic heterocycles. The molecule has 3 aromatic carbocycles. The number of hydrogen-bond acceptors (Lipinski definition) is 3. The van der Waals surface area contributed by atoms with Crippen molar-refractivity contribution in [3.05, 3.63) is 88.9 Å². The van der Waals surface area contributed by atoms with Gasteiger partial charge in [0.2, 0.25) is 0 Å². The highest BCUT2D eigenvalue weighted by Gasteiger charge is 2.30. The van der Waals surface area contributed by atoms with Crippen molar-refractivity contribution in [2.24, 2.45) is 0 Å². The molecule has 0 fully saturated rings. The van der Waals surface area contributed by atoms with Gasteiger partial charge in [-0.15, -0.1) is 0 Å². The Balaban J connectivity index is 1.61. The average molecular weight is 423 g/mol. The third-order valence-corrected chi connectivity index (χ3v) is 4.79. The van der Waals surface area contributed by atoms with Gasteiger partial charge in [0.05, 0.1) is 5.56 Å². The molecule has 0 aliphatic carbocycles. The number of carbonyl (C=O) groups excluding carboxylic acids is 1. The number of halogens is 4. The zero-order valence-corrected chi connectivity index (χ0v) is 15.8. The molecular formula is C20H14ClF3N2OS. The molecule has 0 spiro atoms. The van der Waals surface area contributed by atoms with Crippen LogP contribution in [0.25, 0.3) is 0 Å². The van der Waals surface area contributed by atoms with Crippen LogP contribution in [-0.2, 0) is 6.18 Å². The normalized spacial score (nSPS) is 11.1. The van der Waals surface area contributed by atoms with Crippen molar-refractivity contribution in [3.8, 4) is 0 Å². The van der Waals surface area contributed by atoms with Gasteiger partial charge in [-0.2, -0.15) is 13.2 Å². The molecule has 0 bridgehead atoms. The van der Waals surface area contributed by atoms with Crippen molar-refractivity contribution in [2.45, 2.75) is 11.1 Å². The molecule has 0 radical (unpaired) electrons. The molecule has 144 valence electrons. The Kier molecular flexibility index (Phi) is 6.16. The molecule has 0 aliphatic heterocycles. The Bertz CT molecular complexity index is 960. The Morgan fingerprint density at radius 2 is 1.54 bits per heavy atom. The standard InChI is InChI=1S/C20H14ClF3N2OS/c21-15-4-6-17(7-5-15)26-28-18-10-8-16(9-11-18)25-19(27)13-2-1-3-14(12-13)20(22,23)24/h1-12,26H,(H,25,27). The van der Waals surface area contributed by atoms with Gasteiger partial charge in [0.1, 0.15) is 0 Å². The summed E-state index contributed by atoms with van der Waals surface area (Å²) in [5.74, 6) is -0.606. The molecule has 3 rings (SSSR count). The number of nitrogens with one attached hydrogen (secondary N) is 2. The van der Waals surface area contributed by atoms with Gasteiger partial charge >= 0.3 is 6.18 Å². The van der Waals surface area contributed by atoms with Crippen molar-refractivity contribution in [2.75, 3.05) is 10.0 Å². The first-order chi connectivity index (χ1) is 13.3. The largest absolute Gasteiger partial charge is 0.416 e. The molecule has 8 heteroatoms. The maximum atomic E-state index is 12.8. The highest BCUT2D eigenvalue weighted by molar-refractivity contribution is 8.00. The van der Waals surface area contributed by atoms with E-state index >= 15 is 0 Å². The lowest BCUT2D eigenvalue weighted by atomic mass is 10.1. The maximum absolute atomic E-state index is 12.8. The van der Waals surface area contributed by atoms with Crippen LogP contribution >= 0.6 is 23.5 Å². The molecule has 2 N–H and O–H groups in total. The zero-order valence-electron chi connectivity index (χ0n) is 14.3. The van der Waals surface area contributed by atoms with E-state index in [0.29, 0.717) is 10.7 Å². The van der Waals surface area contributed by atoms with Gasteiger partial charge in [0, 0.05) is 26.9 Å². The average Bonchev–Trinajstić information content (AvgIpc) is 2.68. The van der Waals surface area contributed by atoms with Gasteiger partial charge in [0.15, 0.2) is 0 Å². The van der Waals surface area contributed by atoms with E-state index < -0.39 is 17.6 Å². The van der Waals surface area contributed by atoms with E-state index in [1.54, 1.807) is 36.4 Å². The highest BCUT2D eigenvalue weighted by atomic mass is 35.5. The van der Waals surface area contributed by atoms with Gasteiger partial charge in [-0.3, -0.25) is 4.79 Å². The van der Waals surface area contributed by atoms with Crippen LogP contribution in [0.4, 0.5) is 24.5 Å². The second kappa shape index (κ2) is 8.58. The van der Waals surface area contributed by atoms with E-state index in [1.807, 2.05) is 12.1 Å². The predicted octanol–water partition coefficient (Wildman–Crippen LogP) is 6.73. The van der Waals surface area contributed by atoms with Gasteiger partial charge < -0.3 is 10.0 Å². The minimum atomic E-state index is -4.49. The minimum Gasteiger partial charge on any atom is -0.326 e. The Hall–Kier alpha value is -2.64. The molecule has 0 heterocycles. The molecule has 3 nitrogen and oxygen atoms in total. The quantitative estimate of drug-likeness (QED) is 0.448. The molecule has 0 aliphatic rings. The van der Waals surface area contributed by atoms with Crippen LogP contribution in [0.5, 0.6) is 0 Å². The summed E-state index contributed by atoms with van der Waals surface area (Å²) in [4.78, 5) is 13.1. The fraction of sp³-hybridized carbons (Fsp3) is 0.0500. The van der Waals surface area contributed by atoms with E-state index in [2.05, 4.69) is 10.0 Å². The van der Waals surface area contributed by atoms with Gasteiger partial charge in [-0.05, 0) is 78.7 Å². The van der Waals surface area contributed by atoms with Crippen molar-refractivity contribution >= 4 is 40.8 Å². The summed E-state index contributed by atoms with van der Waals surface area (Å²) in [6.45, 7) is 0. The summed E-state index contributed by atoms with van der Waals surface area (Å²) in [6, 6.07) is 18.5. The van der Waals surface area contributed by atoms with Crippen LogP contribution in [-0.4, -0.2) is 5.91 Å². The number of hydrogen-bond donors (Lipinski definition) is 2. The predicted molar refractivity (Wildman–Crippen MR) is 107 cm³/mol. The molecule has 0 saturated heterocycles. The van der Waals surface area contributed by atoms with Crippen LogP contribution in [0.2, 0.25) is 5.02 Å². The maximum Gasteiger partial charge on any atom is 0.416 e. The van der Waals surface area contributed by atoms with Crippen molar-refractivity contribution < 1.29 is 18.0 Å². The first-order valence-electron chi connectivity index (χ1n) is 8.08. The molecule has 28 heavy (non-hydrogen) atoms. The van der Waals surface area contributed by atoms with Crippen molar-refractivity contribution in [1.82, 2.24) is 0 Å². The molecule has 0 unspecified atom stereocenters. The van der Waals surface area contributed by atoms with E-state index in [-0.39, 0.29) is 5.56 Å². The zero-order chi connectivity index (χ0) is 20.1. The van der Waals surface area contributed by atoms with E-state index in [4.69, 9.17) is 11.6 Å². The lowest BCUT2D eigenvalue weighted by molar-refractivity contribution is -0.137. The van der Waals surface area contributed by atoms with Gasteiger partial charge in [0.25, 0.3) is 5.91 Å². The molecule has 3 aromatic rings. The van der Waals surface area contributed by atoms with Crippen LogP contribution < -0.4 is 10.0 Å². The van der Waals surface area contributed by atoms with E-state index in [9.17, 15) is 18.0 Å². The van der Waals surface area contributed by atoms with Gasteiger partial charge in [-0.25, -0.2) is 0 Å². The molecule has 0 saturated carbocycles. The number of alkyl halides is 3. The smallest absolute Gasteiger partial charge is 0.326 e. The molecule has 0 atom stereocenters. The number of anilines is 2. The third-order valence-electron chi connectivity index (χ3n) is 3.70. The summed E-state index contributed by atoms with van der Waals surface area (Å²) in [5.41, 5.74) is 0.451. The number of benzene rings is 3. The second-order valence-electron chi connectivity index (χ2n) is 5.77. The Morgan fingerprint density at radius 1 is 0.893 bits per heavy atom. The van der Waals surface area contributed by atoms with Crippen LogP contribution in [0.3, 0.4) is 0 Å². The summed E-state index contributed by atoms with van der Waals surface area (Å²) >= 11 is 7.22. The van der Waals surface area contributed by atoms with Crippen LogP contribution in [0, 0.1) is 0 Å². The number of rotatable bonds is 5. The van der Waals surface area contributed by atoms with Crippen molar-refractivity contribution in [1.29, 1.82) is 0 Å². The van der Waals surface area contributed by atoms with Crippen LogP contribution in [0.15, 0.2) is 77.7 Å². The fourth-order valence-corrected chi connectivity index (χ4v) is 3.05. The SMILES string of the molecule is O=C(Nc1ccc(SNc2ccc(Cl)cc2)cc1)c1cccc(C(F)(F)F)c1. The van der Waals surface area contributed by atoms with E-state index in [1.165, 1.54) is 24.1 Å². The van der Waals surface area contributed by atoms with Crippen LogP contribution in [0.1, 0.15) is 15.9 Å². The number of amides is 1.